The molecule has 0 heterocycles. The topological polar surface area (TPSA) is 0 Å². The van der Waals surface area contributed by atoms with E-state index in [4.69, 9.17) is 0 Å². The Labute approximate surface area is 50.2 Å². The summed E-state index contributed by atoms with van der Waals surface area (Å²) >= 11 is 0. The van der Waals surface area contributed by atoms with E-state index < -0.39 is 0 Å². The van der Waals surface area contributed by atoms with Crippen molar-refractivity contribution in [2.24, 2.45) is 0 Å². The highest BCUT2D eigenvalue weighted by molar-refractivity contribution is 5.06. The van der Waals surface area contributed by atoms with Crippen LogP contribution in [0.25, 0.3) is 0 Å². The monoisotopic (exact) mass is 106 g/mol. The first-order valence-electron chi connectivity index (χ1n) is 3.11. The predicted octanol–water partition coefficient (Wildman–Crippen LogP) is 2.43. The molecular weight excluding hydrogens is 96.1 g/mol. The van der Waals surface area contributed by atoms with Gasteiger partial charge in [0.1, 0.15) is 0 Å². The summed E-state index contributed by atoms with van der Waals surface area (Å²) in [5, 5.41) is 0. The third kappa shape index (κ3) is 1.13. The molecule has 0 unspecified atom stereocenters. The molecule has 0 spiro atoms. The van der Waals surface area contributed by atoms with Gasteiger partial charge in [0.25, 0.3) is 0 Å². The molecule has 0 saturated heterocycles. The van der Waals surface area contributed by atoms with Crippen LogP contribution < -0.4 is 0 Å². The van der Waals surface area contributed by atoms with Gasteiger partial charge in [-0.25, -0.2) is 0 Å². The van der Waals surface area contributed by atoms with Crippen LogP contribution in [0.3, 0.4) is 0 Å². The van der Waals surface area contributed by atoms with Crippen LogP contribution in [0.15, 0.2) is 23.1 Å². The molecule has 0 fully saturated rings. The molecule has 0 amide bonds. The van der Waals surface area contributed by atoms with E-state index in [0.29, 0.717) is 0 Å². The van der Waals surface area contributed by atoms with Gasteiger partial charge in [-0.2, -0.15) is 0 Å². The van der Waals surface area contributed by atoms with Crippen molar-refractivity contribution in [3.63, 3.8) is 0 Å². The van der Waals surface area contributed by atoms with E-state index in [9.17, 15) is 0 Å². The fourth-order valence-electron chi connectivity index (χ4n) is 0.799. The molecule has 0 nitrogen and oxygen atoms in total. The number of hydrogen-bond acceptors (Lipinski definition) is 0. The Hall–Kier alpha value is -0.700. The Balaban J connectivity index is 2.79. The molecule has 0 aromatic rings. The van der Waals surface area contributed by atoms with Crippen molar-refractivity contribution in [3.8, 4) is 0 Å². The van der Waals surface area contributed by atoms with Crippen molar-refractivity contribution >= 4 is 0 Å². The molecule has 8 heavy (non-hydrogen) atoms. The molecule has 0 N–H and O–H groups in total. The summed E-state index contributed by atoms with van der Waals surface area (Å²) in [5.74, 6) is 0. The number of rotatable bonds is 1. The quantitative estimate of drug-likeness (QED) is 0.450. The van der Waals surface area contributed by atoms with Crippen LogP contribution in [0, 0.1) is 0 Å². The van der Waals surface area contributed by atoms with E-state index in [-0.39, 0.29) is 0 Å². The second-order valence-electron chi connectivity index (χ2n) is 1.97. The van der Waals surface area contributed by atoms with Crippen molar-refractivity contribution in [1.29, 1.82) is 0 Å². The molecule has 1 rings (SSSR count). The lowest BCUT2D eigenvalue weighted by Crippen LogP contribution is -1.79. The molecule has 0 heteroatoms. The van der Waals surface area contributed by atoms with Gasteiger partial charge in [-0.15, -0.1) is 0 Å². The zero-order valence-corrected chi connectivity index (χ0v) is 5.20. The molecule has 0 saturated carbocycles. The lowest BCUT2D eigenvalue weighted by molar-refractivity contribution is 0.904. The molecule has 0 aromatic carbocycles. The largest absolute Gasteiger partial charge is 0.0747 e. The van der Waals surface area contributed by atoms with Gasteiger partial charge >= 0.3 is 0 Å². The van der Waals surface area contributed by atoms with E-state index >= 15 is 0 Å². The Bertz CT molecular complexity index is 162. The summed E-state index contributed by atoms with van der Waals surface area (Å²) < 4.78 is 0. The fraction of sp³-hybridized carbons (Fsp3) is 0.500. The van der Waals surface area contributed by atoms with Crippen molar-refractivity contribution in [2.45, 2.75) is 26.2 Å². The first-order chi connectivity index (χ1) is 3.93. The van der Waals surface area contributed by atoms with Gasteiger partial charge in [-0.3, -0.25) is 0 Å². The predicted molar refractivity (Wildman–Crippen MR) is 34.6 cm³/mol. The molecule has 0 radical (unpaired) electrons. The van der Waals surface area contributed by atoms with E-state index in [1.165, 1.54) is 12.0 Å². The van der Waals surface area contributed by atoms with E-state index in [1.54, 1.807) is 0 Å². The highest BCUT2D eigenvalue weighted by Gasteiger charge is 1.91. The Morgan fingerprint density at radius 3 is 3.00 bits per heavy atom. The zero-order chi connectivity index (χ0) is 5.82. The number of allylic oxidation sites excluding steroid dienone is 2. The standard InChI is InChI=1S/C8H10/c1-2-8-6-4-3-5-7-8/h3H,2,4,6H2,1H3. The molecule has 0 atom stereocenters. The van der Waals surface area contributed by atoms with Crippen LogP contribution in [0.2, 0.25) is 0 Å². The van der Waals surface area contributed by atoms with E-state index in [2.05, 4.69) is 18.4 Å². The molecule has 1 aliphatic rings. The van der Waals surface area contributed by atoms with E-state index in [1.807, 2.05) is 6.08 Å². The summed E-state index contributed by atoms with van der Waals surface area (Å²) in [6, 6.07) is 0. The zero-order valence-electron chi connectivity index (χ0n) is 5.20. The van der Waals surface area contributed by atoms with Crippen LogP contribution in [0.4, 0.5) is 0 Å². The highest BCUT2D eigenvalue weighted by atomic mass is 14.0. The first kappa shape index (κ1) is 5.44. The van der Waals surface area contributed by atoms with Gasteiger partial charge in [0.15, 0.2) is 0 Å². The molecule has 1 aliphatic carbocycles. The second-order valence-corrected chi connectivity index (χ2v) is 1.97. The van der Waals surface area contributed by atoms with Gasteiger partial charge in [-0.05, 0) is 30.9 Å². The van der Waals surface area contributed by atoms with Gasteiger partial charge in [0, 0.05) is 0 Å². The maximum absolute atomic E-state index is 3.08. The minimum Gasteiger partial charge on any atom is -0.0747 e. The summed E-state index contributed by atoms with van der Waals surface area (Å²) in [4.78, 5) is 0. The van der Waals surface area contributed by atoms with Crippen LogP contribution in [0.5, 0.6) is 0 Å². The summed E-state index contributed by atoms with van der Waals surface area (Å²) in [7, 11) is 0. The Kier molecular flexibility index (Phi) is 1.75. The average Bonchev–Trinajstić information content (AvgIpc) is 1.90. The SMILES string of the molecule is CCC1=C=C=CCC1. The molecule has 0 aromatic heterocycles. The van der Waals surface area contributed by atoms with Crippen LogP contribution in [-0.2, 0) is 0 Å². The van der Waals surface area contributed by atoms with Gasteiger partial charge < -0.3 is 0 Å². The summed E-state index contributed by atoms with van der Waals surface area (Å²) in [6.07, 6.45) is 5.54. The molecule has 42 valence electrons. The lowest BCUT2D eigenvalue weighted by Gasteiger charge is -1.97. The number of hydrogen-bond donors (Lipinski definition) is 0. The third-order valence-electron chi connectivity index (χ3n) is 1.37. The van der Waals surface area contributed by atoms with E-state index in [0.717, 1.165) is 12.8 Å². The highest BCUT2D eigenvalue weighted by Crippen LogP contribution is 2.09. The third-order valence-corrected chi connectivity index (χ3v) is 1.37. The smallest absolute Gasteiger partial charge is 0.0196 e. The Morgan fingerprint density at radius 2 is 2.62 bits per heavy atom. The van der Waals surface area contributed by atoms with Crippen molar-refractivity contribution in [1.82, 2.24) is 0 Å². The van der Waals surface area contributed by atoms with Crippen LogP contribution >= 0.6 is 0 Å². The average molecular weight is 106 g/mol. The molecular formula is C8H10. The maximum Gasteiger partial charge on any atom is -0.0196 e. The molecule has 0 bridgehead atoms. The minimum absolute atomic E-state index is 1.14. The summed E-state index contributed by atoms with van der Waals surface area (Å²) in [5.41, 5.74) is 7.46. The second kappa shape index (κ2) is 2.57. The van der Waals surface area contributed by atoms with Gasteiger partial charge in [0.05, 0.1) is 0 Å². The van der Waals surface area contributed by atoms with Gasteiger partial charge in [-0.1, -0.05) is 18.4 Å². The van der Waals surface area contributed by atoms with Crippen molar-refractivity contribution in [2.75, 3.05) is 0 Å². The fourth-order valence-corrected chi connectivity index (χ4v) is 0.799. The Morgan fingerprint density at radius 1 is 1.75 bits per heavy atom. The normalized spacial score (nSPS) is 16.4. The minimum atomic E-state index is 1.14. The van der Waals surface area contributed by atoms with Crippen LogP contribution in [-0.4, -0.2) is 0 Å². The maximum atomic E-state index is 3.08. The first-order valence-corrected chi connectivity index (χ1v) is 3.11. The lowest BCUT2D eigenvalue weighted by atomic mass is 10.1. The van der Waals surface area contributed by atoms with Crippen molar-refractivity contribution < 1.29 is 0 Å². The summed E-state index contributed by atoms with van der Waals surface area (Å²) in [6.45, 7) is 2.16. The van der Waals surface area contributed by atoms with Gasteiger partial charge in [0.2, 0.25) is 0 Å². The van der Waals surface area contributed by atoms with Crippen molar-refractivity contribution in [3.05, 3.63) is 23.1 Å². The van der Waals surface area contributed by atoms with Crippen LogP contribution in [0.1, 0.15) is 26.2 Å². The molecule has 0 aliphatic heterocycles.